The fourth-order valence-electron chi connectivity index (χ4n) is 1.63. The van der Waals surface area contributed by atoms with E-state index < -0.39 is 0 Å². The molecule has 4 heteroatoms. The third-order valence-electron chi connectivity index (χ3n) is 2.82. The van der Waals surface area contributed by atoms with Crippen LogP contribution in [0.3, 0.4) is 0 Å². The summed E-state index contributed by atoms with van der Waals surface area (Å²) in [5, 5.41) is 2.91. The number of hydrogen-bond donors (Lipinski definition) is 2. The van der Waals surface area contributed by atoms with Crippen LogP contribution in [0.15, 0.2) is 18.3 Å². The van der Waals surface area contributed by atoms with Gasteiger partial charge >= 0.3 is 0 Å². The number of amides is 1. The molecule has 0 saturated heterocycles. The minimum absolute atomic E-state index is 0.0299. The molecule has 1 aliphatic carbocycles. The lowest BCUT2D eigenvalue weighted by molar-refractivity contribution is 0.0952. The summed E-state index contributed by atoms with van der Waals surface area (Å²) in [6.07, 6.45) is 5.36. The molecule has 0 aliphatic heterocycles. The maximum Gasteiger partial charge on any atom is 0.251 e. The zero-order valence-electron chi connectivity index (χ0n) is 9.28. The van der Waals surface area contributed by atoms with Crippen molar-refractivity contribution < 1.29 is 4.79 Å². The van der Waals surface area contributed by atoms with Gasteiger partial charge in [-0.2, -0.15) is 0 Å². The molecule has 1 fully saturated rings. The average Bonchev–Trinajstić information content (AvgIpc) is 3.13. The summed E-state index contributed by atoms with van der Waals surface area (Å²) in [4.78, 5) is 15.8. The molecule has 0 radical (unpaired) electrons. The minimum atomic E-state index is -0.0299. The Bertz CT molecular complexity index is 374. The first-order valence-electron chi connectivity index (χ1n) is 5.73. The van der Waals surface area contributed by atoms with Gasteiger partial charge in [0.05, 0.1) is 5.69 Å². The number of carbonyl (C=O) groups is 1. The molecule has 0 bridgehead atoms. The third-order valence-corrected chi connectivity index (χ3v) is 2.82. The van der Waals surface area contributed by atoms with Gasteiger partial charge in [-0.15, -0.1) is 0 Å². The minimum Gasteiger partial charge on any atom is -0.352 e. The van der Waals surface area contributed by atoms with E-state index in [1.807, 2.05) is 0 Å². The molecule has 0 aromatic carbocycles. The molecule has 1 aliphatic rings. The Morgan fingerprint density at radius 3 is 3.06 bits per heavy atom. The van der Waals surface area contributed by atoms with Gasteiger partial charge in [-0.1, -0.05) is 12.8 Å². The first kappa shape index (κ1) is 11.1. The highest BCUT2D eigenvalue weighted by Crippen LogP contribution is 2.31. The summed E-state index contributed by atoms with van der Waals surface area (Å²) in [7, 11) is 0. The molecule has 3 N–H and O–H groups in total. The van der Waals surface area contributed by atoms with E-state index in [1.54, 1.807) is 18.3 Å². The highest BCUT2D eigenvalue weighted by Gasteiger charge is 2.20. The Balaban J connectivity index is 1.86. The summed E-state index contributed by atoms with van der Waals surface area (Å²) in [6, 6.07) is 3.46. The van der Waals surface area contributed by atoms with Crippen molar-refractivity contribution in [2.45, 2.75) is 25.8 Å². The molecule has 1 saturated carbocycles. The molecule has 0 unspecified atom stereocenters. The maximum atomic E-state index is 11.7. The SMILES string of the molecule is NCc1cc(C(=O)NCCC2CC2)ccn1. The standard InChI is InChI=1S/C12H17N3O/c13-8-11-7-10(4-6-14-11)12(16)15-5-3-9-1-2-9/h4,6-7,9H,1-3,5,8,13H2,(H,15,16). The van der Waals surface area contributed by atoms with Crippen LogP contribution >= 0.6 is 0 Å². The van der Waals surface area contributed by atoms with Crippen molar-refractivity contribution in [1.82, 2.24) is 10.3 Å². The first-order valence-corrected chi connectivity index (χ1v) is 5.73. The van der Waals surface area contributed by atoms with Gasteiger partial charge in [0.25, 0.3) is 5.91 Å². The van der Waals surface area contributed by atoms with Crippen molar-refractivity contribution in [2.24, 2.45) is 11.7 Å². The predicted octanol–water partition coefficient (Wildman–Crippen LogP) is 1.07. The van der Waals surface area contributed by atoms with E-state index in [0.29, 0.717) is 12.1 Å². The largest absolute Gasteiger partial charge is 0.352 e. The van der Waals surface area contributed by atoms with Gasteiger partial charge in [-0.25, -0.2) is 0 Å². The van der Waals surface area contributed by atoms with Crippen LogP contribution in [0.2, 0.25) is 0 Å². The molecule has 1 amide bonds. The normalized spacial score (nSPS) is 14.8. The Morgan fingerprint density at radius 2 is 2.38 bits per heavy atom. The first-order chi connectivity index (χ1) is 7.79. The average molecular weight is 219 g/mol. The molecule has 1 aromatic rings. The van der Waals surface area contributed by atoms with Gasteiger partial charge in [-0.05, 0) is 24.5 Å². The van der Waals surface area contributed by atoms with Crippen molar-refractivity contribution >= 4 is 5.91 Å². The van der Waals surface area contributed by atoms with Crippen LogP contribution in [-0.4, -0.2) is 17.4 Å². The molecule has 1 aromatic heterocycles. The molecular weight excluding hydrogens is 202 g/mol. The fourth-order valence-corrected chi connectivity index (χ4v) is 1.63. The predicted molar refractivity (Wildman–Crippen MR) is 61.8 cm³/mol. The molecule has 86 valence electrons. The van der Waals surface area contributed by atoms with Crippen LogP contribution in [0.25, 0.3) is 0 Å². The molecule has 16 heavy (non-hydrogen) atoms. The van der Waals surface area contributed by atoms with E-state index in [1.165, 1.54) is 12.8 Å². The Hall–Kier alpha value is -1.42. The van der Waals surface area contributed by atoms with E-state index in [0.717, 1.165) is 24.6 Å². The van der Waals surface area contributed by atoms with Gasteiger partial charge in [0.1, 0.15) is 0 Å². The fraction of sp³-hybridized carbons (Fsp3) is 0.500. The van der Waals surface area contributed by atoms with E-state index in [2.05, 4.69) is 10.3 Å². The van der Waals surface area contributed by atoms with Gasteiger partial charge in [0, 0.05) is 24.8 Å². The zero-order chi connectivity index (χ0) is 11.4. The number of carbonyl (C=O) groups excluding carboxylic acids is 1. The summed E-state index contributed by atoms with van der Waals surface area (Å²) < 4.78 is 0. The second-order valence-corrected chi connectivity index (χ2v) is 4.23. The van der Waals surface area contributed by atoms with Crippen molar-refractivity contribution in [3.8, 4) is 0 Å². The molecule has 0 atom stereocenters. The molecule has 0 spiro atoms. The second kappa shape index (κ2) is 5.07. The molecule has 4 nitrogen and oxygen atoms in total. The topological polar surface area (TPSA) is 68.0 Å². The van der Waals surface area contributed by atoms with Crippen molar-refractivity contribution in [1.29, 1.82) is 0 Å². The van der Waals surface area contributed by atoms with Gasteiger partial charge in [-0.3, -0.25) is 9.78 Å². The second-order valence-electron chi connectivity index (χ2n) is 4.23. The highest BCUT2D eigenvalue weighted by atomic mass is 16.1. The molecule has 1 heterocycles. The monoisotopic (exact) mass is 219 g/mol. The summed E-state index contributed by atoms with van der Waals surface area (Å²) in [6.45, 7) is 1.13. The Labute approximate surface area is 95.3 Å². The Kier molecular flexibility index (Phi) is 3.51. The van der Waals surface area contributed by atoms with Crippen LogP contribution in [0.1, 0.15) is 35.3 Å². The Morgan fingerprint density at radius 1 is 1.56 bits per heavy atom. The van der Waals surface area contributed by atoms with Crippen molar-refractivity contribution in [3.05, 3.63) is 29.6 Å². The lowest BCUT2D eigenvalue weighted by atomic mass is 10.2. The number of nitrogens with two attached hydrogens (primary N) is 1. The number of aromatic nitrogens is 1. The van der Waals surface area contributed by atoms with Crippen LogP contribution in [-0.2, 0) is 6.54 Å². The molecular formula is C12H17N3O. The number of hydrogen-bond acceptors (Lipinski definition) is 3. The van der Waals surface area contributed by atoms with E-state index in [9.17, 15) is 4.79 Å². The summed E-state index contributed by atoms with van der Waals surface area (Å²) >= 11 is 0. The molecule has 2 rings (SSSR count). The zero-order valence-corrected chi connectivity index (χ0v) is 9.28. The van der Waals surface area contributed by atoms with Gasteiger partial charge < -0.3 is 11.1 Å². The van der Waals surface area contributed by atoms with Crippen LogP contribution in [0.4, 0.5) is 0 Å². The van der Waals surface area contributed by atoms with Crippen molar-refractivity contribution in [3.63, 3.8) is 0 Å². The number of pyridine rings is 1. The number of nitrogens with zero attached hydrogens (tertiary/aromatic N) is 1. The summed E-state index contributed by atoms with van der Waals surface area (Å²) in [5.74, 6) is 0.815. The van der Waals surface area contributed by atoms with E-state index >= 15 is 0 Å². The van der Waals surface area contributed by atoms with Crippen LogP contribution < -0.4 is 11.1 Å². The van der Waals surface area contributed by atoms with E-state index in [4.69, 9.17) is 5.73 Å². The smallest absolute Gasteiger partial charge is 0.251 e. The van der Waals surface area contributed by atoms with Gasteiger partial charge in [0.2, 0.25) is 0 Å². The number of rotatable bonds is 5. The quantitative estimate of drug-likeness (QED) is 0.778. The maximum absolute atomic E-state index is 11.7. The van der Waals surface area contributed by atoms with Gasteiger partial charge in [0.15, 0.2) is 0 Å². The van der Waals surface area contributed by atoms with Crippen LogP contribution in [0.5, 0.6) is 0 Å². The highest BCUT2D eigenvalue weighted by molar-refractivity contribution is 5.94. The van der Waals surface area contributed by atoms with Crippen LogP contribution in [0, 0.1) is 5.92 Å². The van der Waals surface area contributed by atoms with E-state index in [-0.39, 0.29) is 5.91 Å². The van der Waals surface area contributed by atoms with Crippen molar-refractivity contribution in [2.75, 3.05) is 6.54 Å². The summed E-state index contributed by atoms with van der Waals surface area (Å²) in [5.41, 5.74) is 6.86. The number of nitrogens with one attached hydrogen (secondary N) is 1. The lowest BCUT2D eigenvalue weighted by Crippen LogP contribution is -2.25. The lowest BCUT2D eigenvalue weighted by Gasteiger charge is -2.05. The third kappa shape index (κ3) is 3.03.